The van der Waals surface area contributed by atoms with Crippen LogP contribution < -0.4 is 0 Å². The molecule has 0 N–H and O–H groups in total. The summed E-state index contributed by atoms with van der Waals surface area (Å²) in [5.74, 6) is -0.0689. The average molecular weight is 411 g/mol. The fourth-order valence-electron chi connectivity index (χ4n) is 3.78. The van der Waals surface area contributed by atoms with E-state index in [0.29, 0.717) is 18.5 Å². The number of hydrogen-bond donors (Lipinski definition) is 0. The number of hydrogen-bond acceptors (Lipinski definition) is 3. The molecule has 30 heavy (non-hydrogen) atoms. The van der Waals surface area contributed by atoms with Crippen LogP contribution in [0.3, 0.4) is 0 Å². The quantitative estimate of drug-likeness (QED) is 0.603. The van der Waals surface area contributed by atoms with Gasteiger partial charge in [0.25, 0.3) is 5.91 Å². The molecule has 7 heteroatoms. The number of carbonyl (C=O) groups excluding carboxylic acids is 1. The summed E-state index contributed by atoms with van der Waals surface area (Å²) in [5.41, 5.74) is 2.19. The molecule has 1 amide bonds. The van der Waals surface area contributed by atoms with Gasteiger partial charge < -0.3 is 4.90 Å². The van der Waals surface area contributed by atoms with E-state index in [4.69, 9.17) is 4.98 Å². The van der Waals surface area contributed by atoms with Crippen molar-refractivity contribution in [1.82, 2.24) is 14.9 Å². The monoisotopic (exact) mass is 411 g/mol. The van der Waals surface area contributed by atoms with Crippen molar-refractivity contribution in [2.75, 3.05) is 6.54 Å². The zero-order chi connectivity index (χ0) is 21.1. The molecule has 3 aromatic rings. The van der Waals surface area contributed by atoms with Gasteiger partial charge in [0.2, 0.25) is 0 Å². The molecule has 0 saturated carbocycles. The van der Waals surface area contributed by atoms with Crippen LogP contribution in [-0.4, -0.2) is 27.3 Å². The largest absolute Gasteiger partial charge is 0.416 e. The Labute approximate surface area is 172 Å². The molecule has 3 heterocycles. The number of nitrogens with zero attached hydrogens (tertiary/aromatic N) is 3. The Morgan fingerprint density at radius 3 is 2.57 bits per heavy atom. The van der Waals surface area contributed by atoms with Crippen LogP contribution in [-0.2, 0) is 12.6 Å². The summed E-state index contributed by atoms with van der Waals surface area (Å²) in [6.07, 6.45) is 0.986. The van der Waals surface area contributed by atoms with Gasteiger partial charge in [0.05, 0.1) is 22.9 Å². The second-order valence-electron chi connectivity index (χ2n) is 7.32. The first kappa shape index (κ1) is 20.1. The highest BCUT2D eigenvalue weighted by molar-refractivity contribution is 5.94. The van der Waals surface area contributed by atoms with Gasteiger partial charge in [-0.05, 0) is 54.8 Å². The summed E-state index contributed by atoms with van der Waals surface area (Å²) in [5, 5.41) is 0. The smallest absolute Gasteiger partial charge is 0.330 e. The van der Waals surface area contributed by atoms with E-state index in [-0.39, 0.29) is 11.9 Å². The van der Waals surface area contributed by atoms with E-state index in [1.165, 1.54) is 12.1 Å². The normalized spacial score (nSPS) is 16.6. The Morgan fingerprint density at radius 2 is 1.87 bits per heavy atom. The van der Waals surface area contributed by atoms with Crippen molar-refractivity contribution in [1.29, 1.82) is 0 Å². The van der Waals surface area contributed by atoms with Gasteiger partial charge in [-0.3, -0.25) is 14.8 Å². The maximum Gasteiger partial charge on any atom is 0.416 e. The summed E-state index contributed by atoms with van der Waals surface area (Å²) in [4.78, 5) is 23.4. The van der Waals surface area contributed by atoms with Crippen LogP contribution in [0.15, 0.2) is 67.0 Å². The number of benzene rings is 1. The lowest BCUT2D eigenvalue weighted by atomic mass is 10.0. The molecule has 0 spiro atoms. The number of amides is 1. The highest BCUT2D eigenvalue weighted by Gasteiger charge is 2.32. The third-order valence-electron chi connectivity index (χ3n) is 5.26. The fraction of sp³-hybridized carbons (Fsp3) is 0.261. The topological polar surface area (TPSA) is 46.1 Å². The Bertz CT molecular complexity index is 1020. The van der Waals surface area contributed by atoms with Gasteiger partial charge in [-0.1, -0.05) is 18.2 Å². The number of carbonyl (C=O) groups is 1. The average Bonchev–Trinajstić information content (AvgIpc) is 3.24. The summed E-state index contributed by atoms with van der Waals surface area (Å²) in [6, 6.07) is 14.1. The molecule has 1 aliphatic heterocycles. The predicted octanol–water partition coefficient (Wildman–Crippen LogP) is 5.06. The maximum absolute atomic E-state index is 12.9. The van der Waals surface area contributed by atoms with Crippen LogP contribution in [0.4, 0.5) is 13.2 Å². The van der Waals surface area contributed by atoms with Gasteiger partial charge in [0.15, 0.2) is 0 Å². The number of pyridine rings is 2. The molecule has 4 nitrogen and oxygen atoms in total. The fourth-order valence-corrected chi connectivity index (χ4v) is 3.78. The van der Waals surface area contributed by atoms with E-state index in [9.17, 15) is 18.0 Å². The molecule has 1 aromatic carbocycles. The number of rotatable bonds is 4. The van der Waals surface area contributed by atoms with Crippen molar-refractivity contribution >= 4 is 5.91 Å². The van der Waals surface area contributed by atoms with E-state index < -0.39 is 11.7 Å². The van der Waals surface area contributed by atoms with Crippen molar-refractivity contribution in [3.63, 3.8) is 0 Å². The van der Waals surface area contributed by atoms with E-state index in [1.807, 2.05) is 23.1 Å². The van der Waals surface area contributed by atoms with Crippen molar-refractivity contribution < 1.29 is 18.0 Å². The predicted molar refractivity (Wildman–Crippen MR) is 106 cm³/mol. The molecule has 0 radical (unpaired) electrons. The first-order valence-electron chi connectivity index (χ1n) is 9.75. The van der Waals surface area contributed by atoms with Gasteiger partial charge in [0.1, 0.15) is 0 Å². The van der Waals surface area contributed by atoms with Crippen LogP contribution in [0.2, 0.25) is 0 Å². The lowest BCUT2D eigenvalue weighted by Gasteiger charge is -2.24. The van der Waals surface area contributed by atoms with Gasteiger partial charge >= 0.3 is 6.18 Å². The standard InChI is InChI=1S/C23H20F3N3O/c24-23(25,26)18-10-8-16(9-11-18)14-19-5-1-6-20(28-19)21-7-3-13-29(21)22(30)17-4-2-12-27-15-17/h1-2,4-6,8-12,15,21H,3,7,13-14H2/t21-/m1/s1. The van der Waals surface area contributed by atoms with Crippen molar-refractivity contribution in [2.24, 2.45) is 0 Å². The zero-order valence-corrected chi connectivity index (χ0v) is 16.1. The Balaban J connectivity index is 1.52. The van der Waals surface area contributed by atoms with Gasteiger partial charge in [-0.2, -0.15) is 13.2 Å². The Hall–Kier alpha value is -3.22. The van der Waals surface area contributed by atoms with E-state index >= 15 is 0 Å². The molecule has 0 aliphatic carbocycles. The van der Waals surface area contributed by atoms with Gasteiger partial charge in [-0.15, -0.1) is 0 Å². The highest BCUT2D eigenvalue weighted by Crippen LogP contribution is 2.33. The first-order chi connectivity index (χ1) is 14.4. The number of halogens is 3. The molecule has 154 valence electrons. The van der Waals surface area contributed by atoms with E-state index in [0.717, 1.165) is 41.9 Å². The van der Waals surface area contributed by atoms with Gasteiger partial charge in [-0.25, -0.2) is 0 Å². The van der Waals surface area contributed by atoms with E-state index in [2.05, 4.69) is 4.98 Å². The Kier molecular flexibility index (Phi) is 5.53. The van der Waals surface area contributed by atoms with Gasteiger partial charge in [0, 0.05) is 31.1 Å². The lowest BCUT2D eigenvalue weighted by molar-refractivity contribution is -0.137. The number of alkyl halides is 3. The zero-order valence-electron chi connectivity index (χ0n) is 16.1. The summed E-state index contributed by atoms with van der Waals surface area (Å²) < 4.78 is 38.2. The minimum Gasteiger partial charge on any atom is -0.330 e. The van der Waals surface area contributed by atoms with Crippen molar-refractivity contribution in [2.45, 2.75) is 31.5 Å². The minimum absolute atomic E-state index is 0.0689. The third kappa shape index (κ3) is 4.35. The number of likely N-dealkylation sites (tertiary alicyclic amines) is 1. The molecular formula is C23H20F3N3O. The SMILES string of the molecule is O=C(c1cccnc1)N1CCC[C@@H]1c1cccc(Cc2ccc(C(F)(F)F)cc2)n1. The molecule has 1 fully saturated rings. The van der Waals surface area contributed by atoms with E-state index in [1.54, 1.807) is 24.5 Å². The van der Waals surface area contributed by atoms with Crippen LogP contribution in [0.5, 0.6) is 0 Å². The summed E-state index contributed by atoms with van der Waals surface area (Å²) >= 11 is 0. The van der Waals surface area contributed by atoms with Crippen molar-refractivity contribution in [3.05, 3.63) is 95.1 Å². The Morgan fingerprint density at radius 1 is 1.07 bits per heavy atom. The molecule has 4 rings (SSSR count). The second kappa shape index (κ2) is 8.26. The van der Waals surface area contributed by atoms with Crippen molar-refractivity contribution in [3.8, 4) is 0 Å². The van der Waals surface area contributed by atoms with Crippen LogP contribution in [0, 0.1) is 0 Å². The summed E-state index contributed by atoms with van der Waals surface area (Å²) in [6.45, 7) is 0.656. The second-order valence-corrected chi connectivity index (χ2v) is 7.32. The molecule has 0 bridgehead atoms. The molecule has 1 aliphatic rings. The summed E-state index contributed by atoms with van der Waals surface area (Å²) in [7, 11) is 0. The lowest BCUT2D eigenvalue weighted by Crippen LogP contribution is -2.31. The third-order valence-corrected chi connectivity index (χ3v) is 5.26. The molecule has 0 unspecified atom stereocenters. The molecule has 2 aromatic heterocycles. The van der Waals surface area contributed by atoms with Crippen LogP contribution >= 0.6 is 0 Å². The first-order valence-corrected chi connectivity index (χ1v) is 9.75. The molecular weight excluding hydrogens is 391 g/mol. The number of aromatic nitrogens is 2. The molecule has 1 saturated heterocycles. The van der Waals surface area contributed by atoms with Crippen LogP contribution in [0.1, 0.15) is 51.8 Å². The minimum atomic E-state index is -4.34. The van der Waals surface area contributed by atoms with Crippen LogP contribution in [0.25, 0.3) is 0 Å². The molecule has 1 atom stereocenters. The maximum atomic E-state index is 12.9. The highest BCUT2D eigenvalue weighted by atomic mass is 19.4.